The van der Waals surface area contributed by atoms with E-state index >= 15 is 0 Å². The molecule has 27 heteroatoms. The van der Waals surface area contributed by atoms with Crippen LogP contribution in [0.3, 0.4) is 0 Å². The highest BCUT2D eigenvalue weighted by molar-refractivity contribution is 9.10. The smallest absolute Gasteiger partial charge is 0.329 e. The van der Waals surface area contributed by atoms with E-state index in [4.69, 9.17) is 4.74 Å². The summed E-state index contributed by atoms with van der Waals surface area (Å²) in [7, 11) is 1.23. The average Bonchev–Trinajstić information content (AvgIpc) is 3.65. The molecule has 26 nitrogen and oxygen atoms in total. The number of rotatable bonds is 20. The molecule has 9 amide bonds. The molecule has 13 N–H and O–H groups in total. The zero-order chi connectivity index (χ0) is 62.3. The van der Waals surface area contributed by atoms with Crippen molar-refractivity contribution in [2.75, 3.05) is 13.7 Å². The number of hydrogen-bond acceptors (Lipinski definition) is 17. The van der Waals surface area contributed by atoms with Crippen LogP contribution in [0.5, 0.6) is 11.5 Å². The van der Waals surface area contributed by atoms with Gasteiger partial charge in [0.25, 0.3) is 5.91 Å². The summed E-state index contributed by atoms with van der Waals surface area (Å²) in [4.78, 5) is 144. The molecule has 2 saturated heterocycles. The summed E-state index contributed by atoms with van der Waals surface area (Å²) < 4.78 is 6.14. The van der Waals surface area contributed by atoms with E-state index in [0.29, 0.717) is 18.4 Å². The number of cyclic esters (lactones) is 1. The summed E-state index contributed by atoms with van der Waals surface area (Å²) in [5.41, 5.74) is 1.20. The first-order valence-corrected chi connectivity index (χ1v) is 28.5. The third kappa shape index (κ3) is 18.5. The van der Waals surface area contributed by atoms with Gasteiger partial charge in [0.15, 0.2) is 6.10 Å². The minimum absolute atomic E-state index is 0.00203. The topological polar surface area (TPSA) is 392 Å². The van der Waals surface area contributed by atoms with Crippen molar-refractivity contribution in [1.82, 2.24) is 47.0 Å². The summed E-state index contributed by atoms with van der Waals surface area (Å²) in [6, 6.07) is -3.17. The van der Waals surface area contributed by atoms with Crippen molar-refractivity contribution in [3.8, 4) is 11.5 Å². The number of likely N-dealkylation sites (N-methyl/N-ethyl adjacent to an activating group) is 1. The van der Waals surface area contributed by atoms with Gasteiger partial charge in [-0.1, -0.05) is 66.2 Å². The van der Waals surface area contributed by atoms with Crippen molar-refractivity contribution >= 4 is 75.1 Å². The molecule has 2 aromatic rings. The van der Waals surface area contributed by atoms with Crippen molar-refractivity contribution < 1.29 is 83.3 Å². The quantitative estimate of drug-likeness (QED) is 0.0708. The highest BCUT2D eigenvalue weighted by atomic mass is 79.9. The van der Waals surface area contributed by atoms with Gasteiger partial charge in [0.05, 0.1) is 17.2 Å². The number of ether oxygens (including phenoxy) is 1. The fourth-order valence-corrected chi connectivity index (χ4v) is 9.92. The molecule has 83 heavy (non-hydrogen) atoms. The second kappa shape index (κ2) is 31.1. The van der Waals surface area contributed by atoms with E-state index in [1.807, 2.05) is 0 Å². The minimum atomic E-state index is -1.86. The van der Waals surface area contributed by atoms with Gasteiger partial charge < -0.3 is 82.4 Å². The summed E-state index contributed by atoms with van der Waals surface area (Å²) in [5, 5.41) is 79.7. The van der Waals surface area contributed by atoms with E-state index in [-0.39, 0.29) is 48.1 Å². The molecule has 14 atom stereocenters. The highest BCUT2D eigenvalue weighted by Gasteiger charge is 2.48. The van der Waals surface area contributed by atoms with Crippen LogP contribution < -0.4 is 37.2 Å². The van der Waals surface area contributed by atoms with Gasteiger partial charge in [-0.05, 0) is 122 Å². The van der Waals surface area contributed by atoms with Crippen LogP contribution in [-0.2, 0) is 65.5 Å². The Labute approximate surface area is 490 Å². The summed E-state index contributed by atoms with van der Waals surface area (Å²) in [5.74, 6) is -12.1. The number of hydrogen-bond donors (Lipinski definition) is 13. The van der Waals surface area contributed by atoms with Gasteiger partial charge in [-0.25, -0.2) is 4.79 Å². The lowest BCUT2D eigenvalue weighted by Crippen LogP contribution is -2.67. The Kier molecular flexibility index (Phi) is 25.7. The van der Waals surface area contributed by atoms with E-state index in [1.165, 1.54) is 58.2 Å². The van der Waals surface area contributed by atoms with Crippen molar-refractivity contribution in [1.29, 1.82) is 0 Å². The number of fused-ring (bicyclic) bond motifs is 2. The molecule has 0 radical (unpaired) electrons. The van der Waals surface area contributed by atoms with E-state index in [0.717, 1.165) is 15.4 Å². The van der Waals surface area contributed by atoms with Crippen LogP contribution in [0.2, 0.25) is 0 Å². The van der Waals surface area contributed by atoms with E-state index in [1.54, 1.807) is 53.7 Å². The van der Waals surface area contributed by atoms with Crippen molar-refractivity contribution in [3.63, 3.8) is 0 Å². The van der Waals surface area contributed by atoms with E-state index in [2.05, 4.69) is 53.1 Å². The van der Waals surface area contributed by atoms with Crippen LogP contribution in [-0.4, -0.2) is 192 Å². The van der Waals surface area contributed by atoms with Crippen molar-refractivity contribution in [2.24, 2.45) is 17.8 Å². The maximum absolute atomic E-state index is 14.8. The maximum Gasteiger partial charge on any atom is 0.329 e. The molecular formula is C56H82BrN9O17. The van der Waals surface area contributed by atoms with Crippen LogP contribution in [0.1, 0.15) is 106 Å². The number of aryl methyl sites for hydroxylation is 1. The van der Waals surface area contributed by atoms with Crippen molar-refractivity contribution in [3.05, 3.63) is 58.1 Å². The Morgan fingerprint density at radius 3 is 1.98 bits per heavy atom. The molecule has 2 aliphatic heterocycles. The summed E-state index contributed by atoms with van der Waals surface area (Å²) >= 11 is 3.25. The molecular weight excluding hydrogens is 1150 g/mol. The molecule has 2 fully saturated rings. The van der Waals surface area contributed by atoms with Crippen LogP contribution in [0, 0.1) is 17.8 Å². The third-order valence-electron chi connectivity index (χ3n) is 14.8. The monoisotopic (exact) mass is 1230 g/mol. The third-order valence-corrected chi connectivity index (χ3v) is 15.5. The van der Waals surface area contributed by atoms with Gasteiger partial charge >= 0.3 is 5.97 Å². The molecule has 2 aromatic carbocycles. The number of phenols is 2. The van der Waals surface area contributed by atoms with Gasteiger partial charge in [-0.2, -0.15) is 0 Å². The molecule has 2 bridgehead atoms. The number of esters is 1. The normalized spacial score (nSPS) is 24.5. The number of nitrogens with zero attached hydrogens (tertiary/aromatic N) is 2. The number of phenolic OH excluding ortho intramolecular Hbond substituents is 2. The molecule has 0 spiro atoms. The molecule has 0 aliphatic carbocycles. The Morgan fingerprint density at radius 1 is 0.771 bits per heavy atom. The zero-order valence-electron chi connectivity index (χ0n) is 48.4. The fourth-order valence-electron chi connectivity index (χ4n) is 9.49. The van der Waals surface area contributed by atoms with Crippen LogP contribution >= 0.6 is 15.9 Å². The molecule has 0 aromatic heterocycles. The predicted molar refractivity (Wildman–Crippen MR) is 302 cm³/mol. The zero-order valence-corrected chi connectivity index (χ0v) is 50.0. The number of amides is 9. The number of carbonyl (C=O) groups is 10. The van der Waals surface area contributed by atoms with Gasteiger partial charge in [0.1, 0.15) is 78.2 Å². The van der Waals surface area contributed by atoms with Crippen molar-refractivity contribution in [2.45, 2.75) is 186 Å². The van der Waals surface area contributed by atoms with E-state index < -0.39 is 162 Å². The average molecular weight is 1230 g/mol. The van der Waals surface area contributed by atoms with Gasteiger partial charge in [0.2, 0.25) is 47.3 Å². The molecule has 0 saturated carbocycles. The molecule has 2 heterocycles. The number of aliphatic hydroxyl groups is 4. The Balaban J connectivity index is 1.73. The standard InChI is InChI=1S/C56H82BrN9O17/c1-11-28(6)44-52(78)60-37-20-22-41(72)66(54(37)80)46(30(8)68)55(81)65(10)38(24-33-17-21-39(70)35(57)23-33)49(75)62-43(27(4)5)56(82)83-31(9)45(53(79)63-44)64-51(77)42(26(2)3)61-47(73)29(7)58-48(74)36(59-50(76)40(71)25-67)14-12-13-32-15-18-34(69)19-16-32/h15-19,21,23,26-31,36-38,40-46,67-72H,11-14,20,22,24-25H2,1-10H3,(H,58,74)(H,59,76)(H,60,78)(H,61,73)(H,62,75)(H,63,79)(H,64,77)/t28-,29+,30+,31-,36+,37+,38+,40-,41-,42+,43+,44+,45+,46+/m1/s1. The minimum Gasteiger partial charge on any atom is -0.508 e. The van der Waals surface area contributed by atoms with Crippen LogP contribution in [0.4, 0.5) is 0 Å². The largest absolute Gasteiger partial charge is 0.508 e. The second-order valence-electron chi connectivity index (χ2n) is 22.0. The lowest BCUT2D eigenvalue weighted by atomic mass is 9.94. The number of aliphatic hydroxyl groups excluding tert-OH is 4. The first-order valence-electron chi connectivity index (χ1n) is 27.7. The highest BCUT2D eigenvalue weighted by Crippen LogP contribution is 2.28. The summed E-state index contributed by atoms with van der Waals surface area (Å²) in [6.07, 6.45) is -6.44. The Bertz CT molecular complexity index is 2640. The fraction of sp³-hybridized carbons (Fsp3) is 0.607. The molecule has 0 unspecified atom stereocenters. The predicted octanol–water partition coefficient (Wildman–Crippen LogP) is -0.987. The van der Waals surface area contributed by atoms with E-state index in [9.17, 15) is 78.6 Å². The number of halogens is 1. The number of benzene rings is 2. The first kappa shape index (κ1) is 68.6. The molecule has 4 rings (SSSR count). The summed E-state index contributed by atoms with van der Waals surface area (Å²) in [6.45, 7) is 12.4. The van der Waals surface area contributed by atoms with Gasteiger partial charge in [0, 0.05) is 13.5 Å². The lowest BCUT2D eigenvalue weighted by Gasteiger charge is -2.43. The number of nitrogens with one attached hydrogen (secondary N) is 7. The maximum atomic E-state index is 14.8. The lowest BCUT2D eigenvalue weighted by molar-refractivity contribution is -0.170. The van der Waals surface area contributed by atoms with Gasteiger partial charge in [-0.3, -0.25) is 43.2 Å². The number of carbonyl (C=O) groups excluding carboxylic acids is 10. The number of aromatic hydroxyl groups is 2. The Hall–Kier alpha value is -6.94. The molecule has 2 aliphatic rings. The van der Waals surface area contributed by atoms with Crippen LogP contribution in [0.25, 0.3) is 0 Å². The van der Waals surface area contributed by atoms with Gasteiger partial charge in [-0.15, -0.1) is 0 Å². The first-order chi connectivity index (χ1) is 38.9. The Morgan fingerprint density at radius 2 is 1.40 bits per heavy atom. The molecule has 460 valence electrons. The SMILES string of the molecule is CC[C@@H](C)[C@@H]1NC(=O)[C@@H](NC(=O)[C@@H](NC(=O)[C@H](C)NC(=O)[C@H](CCCc2ccc(O)cc2)NC(=O)[C@H](O)CO)C(C)C)[C@@H](C)OC(=O)[C@H](C(C)C)NC(=O)[C@H](Cc2ccc(O)c(Br)c2)N(C)C(=O)[C@H]([C@H](C)O)N2C(=O)[C@H](CC[C@H]2O)NC1=O. The number of piperidine rings is 1. The second-order valence-corrected chi connectivity index (χ2v) is 22.9. The van der Waals surface area contributed by atoms with Crippen LogP contribution in [0.15, 0.2) is 46.9 Å².